The summed E-state index contributed by atoms with van der Waals surface area (Å²) in [5, 5.41) is 9.58. The molecule has 0 aromatic rings. The Morgan fingerprint density at radius 3 is 2.38 bits per heavy atom. The van der Waals surface area contributed by atoms with Crippen LogP contribution in [0.3, 0.4) is 0 Å². The van der Waals surface area contributed by atoms with Gasteiger partial charge in [-0.2, -0.15) is 0 Å². The summed E-state index contributed by atoms with van der Waals surface area (Å²) < 4.78 is 5.23. The molecule has 0 aliphatic carbocycles. The van der Waals surface area contributed by atoms with Crippen molar-refractivity contribution in [3.05, 3.63) is 0 Å². The molecule has 0 amide bonds. The first-order valence-electron chi connectivity index (χ1n) is 4.71. The summed E-state index contributed by atoms with van der Waals surface area (Å²) in [7, 11) is 0. The van der Waals surface area contributed by atoms with Crippen molar-refractivity contribution in [3.63, 3.8) is 0 Å². The molecule has 0 radical (unpaired) electrons. The van der Waals surface area contributed by atoms with Crippen LogP contribution < -0.4 is 0 Å². The molecule has 1 heterocycles. The number of esters is 1. The van der Waals surface area contributed by atoms with E-state index in [2.05, 4.69) is 0 Å². The zero-order valence-corrected chi connectivity index (χ0v) is 8.70. The molecular formula is C10H18O3. The Morgan fingerprint density at radius 2 is 2.00 bits per heavy atom. The van der Waals surface area contributed by atoms with Gasteiger partial charge in [-0.05, 0) is 12.3 Å². The number of aliphatic hydroxyl groups is 1. The lowest BCUT2D eigenvalue weighted by Gasteiger charge is -2.37. The van der Waals surface area contributed by atoms with E-state index in [0.29, 0.717) is 6.42 Å². The quantitative estimate of drug-likeness (QED) is 0.581. The molecule has 1 rings (SSSR count). The summed E-state index contributed by atoms with van der Waals surface area (Å²) in [5.74, 6) is -0.655. The van der Waals surface area contributed by atoms with E-state index < -0.39 is 6.10 Å². The van der Waals surface area contributed by atoms with Gasteiger partial charge in [-0.15, -0.1) is 0 Å². The number of hydrogen-bond donors (Lipinski definition) is 1. The number of ether oxygens (including phenoxy) is 1. The first kappa shape index (κ1) is 10.5. The number of hydrogen-bond acceptors (Lipinski definition) is 3. The fourth-order valence-corrected chi connectivity index (χ4v) is 1.41. The van der Waals surface area contributed by atoms with E-state index in [1.54, 1.807) is 6.92 Å². The van der Waals surface area contributed by atoms with E-state index in [1.165, 1.54) is 0 Å². The summed E-state index contributed by atoms with van der Waals surface area (Å²) >= 11 is 0. The highest BCUT2D eigenvalue weighted by Gasteiger charge is 2.39. The molecule has 3 unspecified atom stereocenters. The fraction of sp³-hybridized carbons (Fsp3) is 0.900. The van der Waals surface area contributed by atoms with Crippen LogP contribution in [0.15, 0.2) is 0 Å². The molecule has 3 nitrogen and oxygen atoms in total. The van der Waals surface area contributed by atoms with Gasteiger partial charge in [0.2, 0.25) is 0 Å². The van der Waals surface area contributed by atoms with Crippen LogP contribution in [0.4, 0.5) is 0 Å². The minimum atomic E-state index is -0.550. The summed E-state index contributed by atoms with van der Waals surface area (Å²) in [6.07, 6.45) is -0.159. The Labute approximate surface area is 79.1 Å². The molecule has 0 saturated carbocycles. The SMILES string of the molecule is CC1C(=O)OC(C(C)(C)C)CC1O. The highest BCUT2D eigenvalue weighted by Crippen LogP contribution is 2.32. The van der Waals surface area contributed by atoms with Gasteiger partial charge in [0.05, 0.1) is 12.0 Å². The molecule has 1 saturated heterocycles. The Hall–Kier alpha value is -0.570. The third-order valence-corrected chi connectivity index (χ3v) is 2.63. The third kappa shape index (κ3) is 2.21. The second-order valence-electron chi connectivity index (χ2n) is 4.88. The number of cyclic esters (lactones) is 1. The van der Waals surface area contributed by atoms with Gasteiger partial charge in [-0.3, -0.25) is 4.79 Å². The van der Waals surface area contributed by atoms with Crippen molar-refractivity contribution >= 4 is 5.97 Å². The Balaban J connectivity index is 2.69. The van der Waals surface area contributed by atoms with Gasteiger partial charge in [0, 0.05) is 6.42 Å². The first-order chi connectivity index (χ1) is 5.82. The van der Waals surface area contributed by atoms with Crippen LogP contribution in [0, 0.1) is 11.3 Å². The standard InChI is InChI=1S/C10H18O3/c1-6-7(11)5-8(10(2,3)4)13-9(6)12/h6-8,11H,5H2,1-4H3. The summed E-state index contributed by atoms with van der Waals surface area (Å²) in [5.41, 5.74) is -0.0865. The maximum absolute atomic E-state index is 11.3. The second-order valence-corrected chi connectivity index (χ2v) is 4.88. The van der Waals surface area contributed by atoms with Crippen LogP contribution in [-0.2, 0) is 9.53 Å². The predicted octanol–water partition coefficient (Wildman–Crippen LogP) is 1.34. The molecule has 0 spiro atoms. The van der Waals surface area contributed by atoms with Gasteiger partial charge < -0.3 is 9.84 Å². The van der Waals surface area contributed by atoms with E-state index in [4.69, 9.17) is 4.74 Å². The van der Waals surface area contributed by atoms with Crippen molar-refractivity contribution in [2.45, 2.75) is 46.3 Å². The lowest BCUT2D eigenvalue weighted by atomic mass is 9.82. The average molecular weight is 186 g/mol. The minimum absolute atomic E-state index is 0.0865. The first-order valence-corrected chi connectivity index (χ1v) is 4.71. The van der Waals surface area contributed by atoms with E-state index in [-0.39, 0.29) is 23.4 Å². The van der Waals surface area contributed by atoms with Gasteiger partial charge in [0.1, 0.15) is 6.10 Å². The molecule has 13 heavy (non-hydrogen) atoms. The molecular weight excluding hydrogens is 168 g/mol. The lowest BCUT2D eigenvalue weighted by molar-refractivity contribution is -0.177. The van der Waals surface area contributed by atoms with Crippen molar-refractivity contribution in [1.29, 1.82) is 0 Å². The maximum atomic E-state index is 11.3. The smallest absolute Gasteiger partial charge is 0.311 e. The number of carbonyl (C=O) groups is 1. The summed E-state index contributed by atoms with van der Waals surface area (Å²) in [6, 6.07) is 0. The van der Waals surface area contributed by atoms with Crippen molar-refractivity contribution < 1.29 is 14.6 Å². The fourth-order valence-electron chi connectivity index (χ4n) is 1.41. The van der Waals surface area contributed by atoms with Gasteiger partial charge in [-0.1, -0.05) is 20.8 Å². The molecule has 1 fully saturated rings. The zero-order chi connectivity index (χ0) is 10.2. The molecule has 3 atom stereocenters. The number of aliphatic hydroxyl groups excluding tert-OH is 1. The number of rotatable bonds is 0. The molecule has 0 aromatic carbocycles. The minimum Gasteiger partial charge on any atom is -0.461 e. The van der Waals surface area contributed by atoms with Crippen LogP contribution in [0.25, 0.3) is 0 Å². The largest absolute Gasteiger partial charge is 0.461 e. The second kappa shape index (κ2) is 3.29. The summed E-state index contributed by atoms with van der Waals surface area (Å²) in [6.45, 7) is 7.72. The van der Waals surface area contributed by atoms with Crippen LogP contribution in [0.2, 0.25) is 0 Å². The summed E-state index contributed by atoms with van der Waals surface area (Å²) in [4.78, 5) is 11.3. The van der Waals surface area contributed by atoms with Gasteiger partial charge in [-0.25, -0.2) is 0 Å². The van der Waals surface area contributed by atoms with Gasteiger partial charge >= 0.3 is 5.97 Å². The Morgan fingerprint density at radius 1 is 1.46 bits per heavy atom. The van der Waals surface area contributed by atoms with Crippen LogP contribution in [-0.4, -0.2) is 23.3 Å². The Kier molecular flexibility index (Phi) is 2.66. The highest BCUT2D eigenvalue weighted by atomic mass is 16.5. The Bertz CT molecular complexity index is 205. The van der Waals surface area contributed by atoms with Crippen LogP contribution in [0.5, 0.6) is 0 Å². The van der Waals surface area contributed by atoms with E-state index in [0.717, 1.165) is 0 Å². The van der Waals surface area contributed by atoms with Crippen LogP contribution in [0.1, 0.15) is 34.1 Å². The van der Waals surface area contributed by atoms with E-state index in [1.807, 2.05) is 20.8 Å². The number of carbonyl (C=O) groups excluding carboxylic acids is 1. The molecule has 1 aliphatic rings. The van der Waals surface area contributed by atoms with Crippen molar-refractivity contribution in [2.24, 2.45) is 11.3 Å². The molecule has 76 valence electrons. The molecule has 0 bridgehead atoms. The van der Waals surface area contributed by atoms with Crippen molar-refractivity contribution in [3.8, 4) is 0 Å². The maximum Gasteiger partial charge on any atom is 0.311 e. The lowest BCUT2D eigenvalue weighted by Crippen LogP contribution is -2.45. The predicted molar refractivity (Wildman–Crippen MR) is 49.1 cm³/mol. The van der Waals surface area contributed by atoms with E-state index in [9.17, 15) is 9.90 Å². The molecule has 1 aliphatic heterocycles. The molecule has 3 heteroatoms. The van der Waals surface area contributed by atoms with Crippen molar-refractivity contribution in [1.82, 2.24) is 0 Å². The monoisotopic (exact) mass is 186 g/mol. The van der Waals surface area contributed by atoms with Gasteiger partial charge in [0.25, 0.3) is 0 Å². The van der Waals surface area contributed by atoms with E-state index >= 15 is 0 Å². The zero-order valence-electron chi connectivity index (χ0n) is 8.70. The molecule has 1 N–H and O–H groups in total. The average Bonchev–Trinajstić information content (AvgIpc) is 1.97. The molecule has 0 aromatic heterocycles. The normalized spacial score (nSPS) is 35.8. The topological polar surface area (TPSA) is 46.5 Å². The third-order valence-electron chi connectivity index (χ3n) is 2.63. The highest BCUT2D eigenvalue weighted by molar-refractivity contribution is 5.73. The van der Waals surface area contributed by atoms with Gasteiger partial charge in [0.15, 0.2) is 0 Å². The van der Waals surface area contributed by atoms with Crippen LogP contribution >= 0.6 is 0 Å². The van der Waals surface area contributed by atoms with Crippen molar-refractivity contribution in [2.75, 3.05) is 0 Å².